The Morgan fingerprint density at radius 2 is 2.00 bits per heavy atom. The summed E-state index contributed by atoms with van der Waals surface area (Å²) < 4.78 is 47.8. The van der Waals surface area contributed by atoms with Crippen LogP contribution in [0.25, 0.3) is 22.4 Å². The standard InChI is InChI=1S/C28H27ClFN5O4S/c1-17-26-23(34-27(17)25-9-7-21(39-25)14-31-10-11-40(2,36)37)15-32-35-28(26)33-20-6-8-24(22(29)13-20)38-16-18-4-3-5-19(30)12-18/h3-9,12-13,15,31,34H,10-11,14,16H2,1-2H3,(H,33,35). The molecule has 0 spiro atoms. The van der Waals surface area contributed by atoms with E-state index in [1.807, 2.05) is 25.1 Å². The Kier molecular flexibility index (Phi) is 8.06. The van der Waals surface area contributed by atoms with Gasteiger partial charge in [0.15, 0.2) is 11.6 Å². The molecule has 3 N–H and O–H groups in total. The van der Waals surface area contributed by atoms with Crippen LogP contribution in [0.1, 0.15) is 16.9 Å². The first-order chi connectivity index (χ1) is 19.2. The van der Waals surface area contributed by atoms with E-state index in [0.29, 0.717) is 52.5 Å². The van der Waals surface area contributed by atoms with E-state index in [9.17, 15) is 12.8 Å². The third kappa shape index (κ3) is 6.61. The summed E-state index contributed by atoms with van der Waals surface area (Å²) in [5.74, 6) is 2.08. The maximum absolute atomic E-state index is 13.4. The van der Waals surface area contributed by atoms with Crippen molar-refractivity contribution in [2.75, 3.05) is 23.9 Å². The fraction of sp³-hybridized carbons (Fsp3) is 0.214. The van der Waals surface area contributed by atoms with Crippen LogP contribution in [-0.2, 0) is 23.0 Å². The zero-order valence-electron chi connectivity index (χ0n) is 21.8. The molecular weight excluding hydrogens is 557 g/mol. The second kappa shape index (κ2) is 11.7. The lowest BCUT2D eigenvalue weighted by Gasteiger charge is -2.11. The highest BCUT2D eigenvalue weighted by Crippen LogP contribution is 2.36. The fourth-order valence-corrected chi connectivity index (χ4v) is 5.00. The summed E-state index contributed by atoms with van der Waals surface area (Å²) in [4.78, 5) is 3.35. The first-order valence-electron chi connectivity index (χ1n) is 12.4. The number of benzene rings is 2. The summed E-state index contributed by atoms with van der Waals surface area (Å²) in [5, 5.41) is 16.0. The van der Waals surface area contributed by atoms with Crippen molar-refractivity contribution < 1.29 is 22.0 Å². The number of hydrogen-bond acceptors (Lipinski definition) is 8. The number of anilines is 2. The monoisotopic (exact) mass is 583 g/mol. The molecule has 5 rings (SSSR count). The molecular formula is C28H27ClFN5O4S. The fourth-order valence-electron chi connectivity index (χ4n) is 4.24. The third-order valence-corrected chi connectivity index (χ3v) is 7.44. The van der Waals surface area contributed by atoms with E-state index in [4.69, 9.17) is 20.8 Å². The minimum absolute atomic E-state index is 0.0628. The molecule has 0 amide bonds. The summed E-state index contributed by atoms with van der Waals surface area (Å²) in [6, 6.07) is 15.2. The van der Waals surface area contributed by atoms with Gasteiger partial charge in [-0.15, -0.1) is 5.10 Å². The van der Waals surface area contributed by atoms with Crippen LogP contribution in [0.5, 0.6) is 5.75 Å². The first-order valence-corrected chi connectivity index (χ1v) is 14.9. The molecule has 9 nitrogen and oxygen atoms in total. The normalized spacial score (nSPS) is 11.7. The van der Waals surface area contributed by atoms with Gasteiger partial charge in [-0.2, -0.15) is 5.10 Å². The highest BCUT2D eigenvalue weighted by molar-refractivity contribution is 7.90. The van der Waals surface area contributed by atoms with Crippen LogP contribution >= 0.6 is 11.6 Å². The number of aryl methyl sites for hydroxylation is 1. The van der Waals surface area contributed by atoms with E-state index in [0.717, 1.165) is 22.2 Å². The van der Waals surface area contributed by atoms with Crippen LogP contribution in [0.2, 0.25) is 5.02 Å². The Morgan fingerprint density at radius 3 is 2.77 bits per heavy atom. The van der Waals surface area contributed by atoms with Gasteiger partial charge in [0.1, 0.15) is 33.8 Å². The summed E-state index contributed by atoms with van der Waals surface area (Å²) in [6.45, 7) is 2.90. The molecule has 0 saturated carbocycles. The van der Waals surface area contributed by atoms with Crippen molar-refractivity contribution in [3.63, 3.8) is 0 Å². The van der Waals surface area contributed by atoms with Crippen LogP contribution < -0.4 is 15.4 Å². The Hall–Kier alpha value is -3.93. The van der Waals surface area contributed by atoms with Gasteiger partial charge in [-0.1, -0.05) is 23.7 Å². The average molecular weight is 584 g/mol. The molecule has 3 aromatic heterocycles. The topological polar surface area (TPSA) is 122 Å². The number of hydrogen-bond donors (Lipinski definition) is 3. The Balaban J connectivity index is 1.30. The predicted molar refractivity (Wildman–Crippen MR) is 153 cm³/mol. The van der Waals surface area contributed by atoms with Gasteiger partial charge < -0.3 is 24.8 Å². The zero-order chi connectivity index (χ0) is 28.3. The zero-order valence-corrected chi connectivity index (χ0v) is 23.4. The van der Waals surface area contributed by atoms with Crippen molar-refractivity contribution in [3.05, 3.63) is 88.5 Å². The highest BCUT2D eigenvalue weighted by Gasteiger charge is 2.18. The lowest BCUT2D eigenvalue weighted by molar-refractivity contribution is 0.306. The molecule has 0 fully saturated rings. The van der Waals surface area contributed by atoms with Crippen LogP contribution in [0, 0.1) is 12.7 Å². The lowest BCUT2D eigenvalue weighted by atomic mass is 10.1. The van der Waals surface area contributed by atoms with Crippen molar-refractivity contribution in [2.24, 2.45) is 0 Å². The Bertz CT molecular complexity index is 1770. The van der Waals surface area contributed by atoms with Crippen molar-refractivity contribution >= 4 is 43.8 Å². The van der Waals surface area contributed by atoms with E-state index in [-0.39, 0.29) is 18.2 Å². The van der Waals surface area contributed by atoms with Gasteiger partial charge in [0.05, 0.1) is 34.7 Å². The van der Waals surface area contributed by atoms with Crippen LogP contribution in [0.4, 0.5) is 15.9 Å². The van der Waals surface area contributed by atoms with E-state index >= 15 is 0 Å². The molecule has 0 atom stereocenters. The molecule has 3 heterocycles. The van der Waals surface area contributed by atoms with Gasteiger partial charge in [0.2, 0.25) is 0 Å². The molecule has 208 valence electrons. The number of nitrogens with zero attached hydrogens (tertiary/aromatic N) is 2. The van der Waals surface area contributed by atoms with Crippen LogP contribution in [0.3, 0.4) is 0 Å². The highest BCUT2D eigenvalue weighted by atomic mass is 35.5. The summed E-state index contributed by atoms with van der Waals surface area (Å²) in [6.07, 6.45) is 2.85. The second-order valence-corrected chi connectivity index (χ2v) is 12.0. The molecule has 12 heteroatoms. The number of aromatic amines is 1. The second-order valence-electron chi connectivity index (χ2n) is 9.37. The number of rotatable bonds is 11. The number of H-pyrrole nitrogens is 1. The van der Waals surface area contributed by atoms with Gasteiger partial charge in [-0.25, -0.2) is 12.8 Å². The van der Waals surface area contributed by atoms with Crippen LogP contribution in [0.15, 0.2) is 65.2 Å². The number of halogens is 2. The summed E-state index contributed by atoms with van der Waals surface area (Å²) in [5.41, 5.74) is 3.86. The lowest BCUT2D eigenvalue weighted by Crippen LogP contribution is -2.21. The minimum atomic E-state index is -3.02. The predicted octanol–water partition coefficient (Wildman–Crippen LogP) is 5.78. The first kappa shape index (κ1) is 27.6. The van der Waals surface area contributed by atoms with Gasteiger partial charge >= 0.3 is 0 Å². The maximum Gasteiger partial charge on any atom is 0.162 e. The third-order valence-electron chi connectivity index (χ3n) is 6.20. The number of furan rings is 1. The van der Waals surface area contributed by atoms with Crippen LogP contribution in [-0.4, -0.2) is 42.2 Å². The van der Waals surface area contributed by atoms with Crippen molar-refractivity contribution in [1.82, 2.24) is 20.5 Å². The quantitative estimate of drug-likeness (QED) is 0.167. The number of aromatic nitrogens is 3. The number of sulfone groups is 1. The molecule has 40 heavy (non-hydrogen) atoms. The molecule has 5 aromatic rings. The number of ether oxygens (including phenoxy) is 1. The van der Waals surface area contributed by atoms with Gasteiger partial charge in [-0.05, 0) is 60.5 Å². The van der Waals surface area contributed by atoms with Gasteiger partial charge in [0.25, 0.3) is 0 Å². The molecule has 0 bridgehead atoms. The molecule has 0 saturated heterocycles. The molecule has 0 radical (unpaired) electrons. The average Bonchev–Trinajstić information content (AvgIpc) is 3.50. The van der Waals surface area contributed by atoms with E-state index in [1.165, 1.54) is 18.4 Å². The minimum Gasteiger partial charge on any atom is -0.487 e. The summed E-state index contributed by atoms with van der Waals surface area (Å²) >= 11 is 6.47. The van der Waals surface area contributed by atoms with Gasteiger partial charge in [-0.3, -0.25) is 0 Å². The van der Waals surface area contributed by atoms with Crippen molar-refractivity contribution in [2.45, 2.75) is 20.1 Å². The molecule has 2 aromatic carbocycles. The Labute approximate surface area is 235 Å². The smallest absolute Gasteiger partial charge is 0.162 e. The molecule has 0 aliphatic carbocycles. The van der Waals surface area contributed by atoms with Crippen molar-refractivity contribution in [1.29, 1.82) is 0 Å². The maximum atomic E-state index is 13.4. The summed E-state index contributed by atoms with van der Waals surface area (Å²) in [7, 11) is -3.02. The van der Waals surface area contributed by atoms with E-state index in [2.05, 4.69) is 25.8 Å². The molecule has 0 aliphatic rings. The number of nitrogens with one attached hydrogen (secondary N) is 3. The molecule has 0 unspecified atom stereocenters. The van der Waals surface area contributed by atoms with Gasteiger partial charge in [0, 0.05) is 23.9 Å². The van der Waals surface area contributed by atoms with Crippen molar-refractivity contribution in [3.8, 4) is 17.2 Å². The molecule has 0 aliphatic heterocycles. The SMILES string of the molecule is Cc1c(-c2ccc(CNCCS(C)(=O)=O)o2)[nH]c2cnnc(Nc3ccc(OCc4cccc(F)c4)c(Cl)c3)c12. The van der Waals surface area contributed by atoms with E-state index < -0.39 is 9.84 Å². The Morgan fingerprint density at radius 1 is 1.15 bits per heavy atom. The van der Waals surface area contributed by atoms with E-state index in [1.54, 1.807) is 30.5 Å². The number of fused-ring (bicyclic) bond motifs is 1. The largest absolute Gasteiger partial charge is 0.487 e.